The number of piperazine rings is 1. The number of para-hydroxylation sites is 1. The van der Waals surface area contributed by atoms with E-state index in [1.165, 1.54) is 64.2 Å². The number of carbonyl (C=O) groups excluding carboxylic acids is 4. The monoisotopic (exact) mass is 952 g/mol. The van der Waals surface area contributed by atoms with Crippen LogP contribution in [0.15, 0.2) is 79.1 Å². The number of nitrogens with one attached hydrogen (secondary N) is 2. The highest BCUT2D eigenvalue weighted by Gasteiger charge is 2.40. The number of hydrogen-bond acceptors (Lipinski definition) is 12. The predicted molar refractivity (Wildman–Crippen MR) is 271 cm³/mol. The topological polar surface area (TPSA) is 184 Å². The normalized spacial score (nSPS) is 18.9. The Morgan fingerprint density at radius 2 is 1.46 bits per heavy atom. The van der Waals surface area contributed by atoms with Gasteiger partial charge in [-0.3, -0.25) is 24.5 Å². The number of carbonyl (C=O) groups is 4. The molecule has 3 fully saturated rings. The number of anilines is 2. The zero-order valence-corrected chi connectivity index (χ0v) is 40.5. The van der Waals surface area contributed by atoms with E-state index in [-0.39, 0.29) is 36.1 Å². The van der Waals surface area contributed by atoms with Gasteiger partial charge in [0.25, 0.3) is 5.91 Å². The molecule has 0 radical (unpaired) electrons. The number of rotatable bonds is 22. The molecule has 2 atom stereocenters. The van der Waals surface area contributed by atoms with E-state index in [4.69, 9.17) is 15.6 Å². The van der Waals surface area contributed by atoms with Crippen molar-refractivity contribution in [2.24, 2.45) is 0 Å². The molecule has 4 N–H and O–H groups in total. The van der Waals surface area contributed by atoms with E-state index in [1.54, 1.807) is 4.90 Å². The van der Waals surface area contributed by atoms with E-state index in [9.17, 15) is 19.2 Å². The SMILES string of the molecule is Nc1ncnc2c1c(-c1ccc(Oc3ccccc3)cc1)nn2[C@@H]1CCCN(C(=O)CCCN2CCN(CCCCCCCCCCCNc3cccc4c3CN(C3CCC(=O)NC3=O)C4=O)CC2)C1. The highest BCUT2D eigenvalue weighted by molar-refractivity contribution is 6.06. The second-order valence-electron chi connectivity index (χ2n) is 19.5. The molecule has 2 aromatic heterocycles. The van der Waals surface area contributed by atoms with Crippen LogP contribution in [-0.4, -0.2) is 128 Å². The maximum atomic E-state index is 13.6. The number of fused-ring (bicyclic) bond motifs is 2. The van der Waals surface area contributed by atoms with E-state index < -0.39 is 6.04 Å². The molecule has 1 unspecified atom stereocenters. The van der Waals surface area contributed by atoms with Gasteiger partial charge in [-0.05, 0) is 100 Å². The smallest absolute Gasteiger partial charge is 0.255 e. The number of ether oxygens (including phenoxy) is 1. The van der Waals surface area contributed by atoms with Crippen LogP contribution in [0, 0.1) is 0 Å². The van der Waals surface area contributed by atoms with Crippen molar-refractivity contribution in [2.45, 2.75) is 115 Å². The van der Waals surface area contributed by atoms with Gasteiger partial charge in [0, 0.05) is 87.6 Å². The average Bonchev–Trinajstić information content (AvgIpc) is 3.94. The number of imide groups is 1. The van der Waals surface area contributed by atoms with E-state index in [0.29, 0.717) is 43.0 Å². The third-order valence-electron chi connectivity index (χ3n) is 14.6. The summed E-state index contributed by atoms with van der Waals surface area (Å²) in [5, 5.41) is 11.7. The molecular weight excluding hydrogens is 883 g/mol. The van der Waals surface area contributed by atoms with Crippen molar-refractivity contribution in [1.82, 2.24) is 44.7 Å². The van der Waals surface area contributed by atoms with Crippen LogP contribution in [0.25, 0.3) is 22.3 Å². The number of likely N-dealkylation sites (tertiary alicyclic amines) is 1. The van der Waals surface area contributed by atoms with E-state index in [1.807, 2.05) is 82.4 Å². The molecule has 0 bridgehead atoms. The summed E-state index contributed by atoms with van der Waals surface area (Å²) in [6.07, 6.45) is 16.5. The van der Waals surface area contributed by atoms with Crippen LogP contribution in [0.4, 0.5) is 11.5 Å². The van der Waals surface area contributed by atoms with Gasteiger partial charge in [0.1, 0.15) is 35.4 Å². The van der Waals surface area contributed by atoms with Crippen molar-refractivity contribution in [1.29, 1.82) is 0 Å². The summed E-state index contributed by atoms with van der Waals surface area (Å²) >= 11 is 0. The zero-order chi connectivity index (χ0) is 48.2. The zero-order valence-electron chi connectivity index (χ0n) is 40.5. The summed E-state index contributed by atoms with van der Waals surface area (Å²) in [6, 6.07) is 22.7. The van der Waals surface area contributed by atoms with Crippen LogP contribution in [-0.2, 0) is 20.9 Å². The van der Waals surface area contributed by atoms with Crippen molar-refractivity contribution in [3.8, 4) is 22.8 Å². The highest BCUT2D eigenvalue weighted by Crippen LogP contribution is 2.36. The Balaban J connectivity index is 0.612. The number of aromatic nitrogens is 4. The Morgan fingerprint density at radius 3 is 2.20 bits per heavy atom. The van der Waals surface area contributed by atoms with Crippen molar-refractivity contribution in [3.05, 3.63) is 90.3 Å². The molecule has 9 rings (SSSR count). The first-order valence-corrected chi connectivity index (χ1v) is 25.8. The largest absolute Gasteiger partial charge is 0.457 e. The van der Waals surface area contributed by atoms with Gasteiger partial charge in [0.2, 0.25) is 17.7 Å². The summed E-state index contributed by atoms with van der Waals surface area (Å²) in [4.78, 5) is 68.5. The summed E-state index contributed by atoms with van der Waals surface area (Å²) < 4.78 is 7.98. The third-order valence-corrected chi connectivity index (χ3v) is 14.6. The standard InChI is InChI=1S/C54H69N11O5/c55-51-49-50(39-22-24-42(25-23-39)70-41-17-9-8-10-18-41)60-65(52(49)58-38-57-51)40-16-14-31-63(36-40)48(67)21-15-30-62-34-32-61(33-35-62)29-12-7-5-3-1-2-4-6-11-28-56-45-20-13-19-43-44(45)37-64(54(43)69)46-26-27-47(66)59-53(46)68/h8-10,13,17-20,22-25,38,40,46,56H,1-7,11-12,14-16,21,26-37H2,(H2,55,57,58)(H,59,66,68)/t40-,46?/m1/s1. The average molecular weight is 952 g/mol. The predicted octanol–water partition coefficient (Wildman–Crippen LogP) is 7.81. The van der Waals surface area contributed by atoms with Crippen molar-refractivity contribution in [2.75, 3.05) is 70.0 Å². The maximum absolute atomic E-state index is 13.6. The number of unbranched alkanes of at least 4 members (excludes halogenated alkanes) is 8. The van der Waals surface area contributed by atoms with Crippen molar-refractivity contribution in [3.63, 3.8) is 0 Å². The van der Waals surface area contributed by atoms with Gasteiger partial charge in [-0.15, -0.1) is 0 Å². The molecule has 4 aliphatic rings. The molecule has 6 heterocycles. The fourth-order valence-corrected chi connectivity index (χ4v) is 10.7. The van der Waals surface area contributed by atoms with E-state index in [0.717, 1.165) is 111 Å². The molecular formula is C54H69N11O5. The Morgan fingerprint density at radius 1 is 0.757 bits per heavy atom. The van der Waals surface area contributed by atoms with E-state index in [2.05, 4.69) is 30.4 Å². The molecule has 3 aromatic carbocycles. The molecule has 370 valence electrons. The quantitative estimate of drug-likeness (QED) is 0.0453. The van der Waals surface area contributed by atoms with Gasteiger partial charge < -0.3 is 35.4 Å². The second kappa shape index (κ2) is 23.5. The lowest BCUT2D eigenvalue weighted by Gasteiger charge is -2.35. The number of piperidine rings is 2. The molecule has 4 amide bonds. The first-order chi connectivity index (χ1) is 34.3. The number of nitrogens with two attached hydrogens (primary N) is 1. The molecule has 16 nitrogen and oxygen atoms in total. The van der Waals surface area contributed by atoms with Crippen LogP contribution >= 0.6 is 0 Å². The molecule has 16 heteroatoms. The molecule has 5 aromatic rings. The third kappa shape index (κ3) is 12.0. The highest BCUT2D eigenvalue weighted by atomic mass is 16.5. The van der Waals surface area contributed by atoms with Gasteiger partial charge in [-0.1, -0.05) is 69.2 Å². The summed E-state index contributed by atoms with van der Waals surface area (Å²) in [6.45, 7) is 9.06. The number of hydrogen-bond donors (Lipinski definition) is 3. The minimum Gasteiger partial charge on any atom is -0.457 e. The lowest BCUT2D eigenvalue weighted by molar-refractivity contribution is -0.137. The minimum absolute atomic E-state index is 0.00772. The van der Waals surface area contributed by atoms with Crippen LogP contribution in [0.5, 0.6) is 11.5 Å². The number of benzene rings is 3. The second-order valence-corrected chi connectivity index (χ2v) is 19.5. The van der Waals surface area contributed by atoms with Gasteiger partial charge in [-0.25, -0.2) is 14.6 Å². The Bertz CT molecular complexity index is 2580. The van der Waals surface area contributed by atoms with Gasteiger partial charge in [0.15, 0.2) is 5.65 Å². The van der Waals surface area contributed by atoms with Gasteiger partial charge >= 0.3 is 0 Å². The fraction of sp³-hybridized carbons (Fsp3) is 0.500. The number of nitrogens with zero attached hydrogens (tertiary/aromatic N) is 8. The Labute approximate surface area is 411 Å². The summed E-state index contributed by atoms with van der Waals surface area (Å²) in [5.41, 5.74) is 11.3. The van der Waals surface area contributed by atoms with Gasteiger partial charge in [-0.2, -0.15) is 5.10 Å². The van der Waals surface area contributed by atoms with Crippen LogP contribution in [0.2, 0.25) is 0 Å². The first-order valence-electron chi connectivity index (χ1n) is 25.8. The first kappa shape index (κ1) is 48.6. The number of nitrogen functional groups attached to an aromatic ring is 1. The Kier molecular flexibility index (Phi) is 16.3. The summed E-state index contributed by atoms with van der Waals surface area (Å²) in [7, 11) is 0. The molecule has 0 aliphatic carbocycles. The lowest BCUT2D eigenvalue weighted by atomic mass is 10.0. The van der Waals surface area contributed by atoms with Crippen LogP contribution < -0.4 is 21.1 Å². The van der Waals surface area contributed by atoms with Gasteiger partial charge in [0.05, 0.1) is 11.4 Å². The maximum Gasteiger partial charge on any atom is 0.255 e. The summed E-state index contributed by atoms with van der Waals surface area (Å²) in [5.74, 6) is 1.31. The van der Waals surface area contributed by atoms with E-state index >= 15 is 0 Å². The number of amides is 4. The fourth-order valence-electron chi connectivity index (χ4n) is 10.7. The Hall–Kier alpha value is -6.39. The van der Waals surface area contributed by atoms with Crippen LogP contribution in [0.3, 0.4) is 0 Å². The van der Waals surface area contributed by atoms with Crippen molar-refractivity contribution >= 4 is 46.2 Å². The molecule has 0 spiro atoms. The molecule has 70 heavy (non-hydrogen) atoms. The molecule has 4 aliphatic heterocycles. The molecule has 0 saturated carbocycles. The minimum atomic E-state index is -0.595. The lowest BCUT2D eigenvalue weighted by Crippen LogP contribution is -2.52. The molecule has 3 saturated heterocycles. The van der Waals surface area contributed by atoms with Crippen LogP contribution in [0.1, 0.15) is 118 Å². The van der Waals surface area contributed by atoms with Crippen molar-refractivity contribution < 1.29 is 23.9 Å².